The van der Waals surface area contributed by atoms with Gasteiger partial charge in [-0.3, -0.25) is 9.04 Å². The molecule has 1 N–H and O–H groups in total. The molecule has 0 aliphatic carbocycles. The largest absolute Gasteiger partial charge is 0.408 e. The van der Waals surface area contributed by atoms with Gasteiger partial charge in [0.1, 0.15) is 0 Å². The quantitative estimate of drug-likeness (QED) is 0.245. The third-order valence-electron chi connectivity index (χ3n) is 1.81. The predicted molar refractivity (Wildman–Crippen MR) is 59.1 cm³/mol. The van der Waals surface area contributed by atoms with Gasteiger partial charge < -0.3 is 4.74 Å². The number of carbonyl (C=O) groups excluding carboxylic acids is 1. The van der Waals surface area contributed by atoms with Crippen LogP contribution in [0, 0.1) is 0 Å². The first-order chi connectivity index (χ1) is 6.93. The van der Waals surface area contributed by atoms with Crippen molar-refractivity contribution >= 4 is 16.1 Å². The average Bonchev–Trinajstić information content (AvgIpc) is 1.98. The highest BCUT2D eigenvalue weighted by molar-refractivity contribution is 7.85. The summed E-state index contributed by atoms with van der Waals surface area (Å²) in [7, 11) is 0.763. The zero-order chi connectivity index (χ0) is 13.1. The van der Waals surface area contributed by atoms with E-state index >= 15 is 0 Å². The fourth-order valence-corrected chi connectivity index (χ4v) is 1.70. The summed E-state index contributed by atoms with van der Waals surface area (Å²) in [6.07, 6.45) is -0.973. The van der Waals surface area contributed by atoms with Crippen LogP contribution < -0.4 is 0 Å². The minimum Gasteiger partial charge on any atom is -0.408 e. The lowest BCUT2D eigenvalue weighted by atomic mass is 10.3. The molecule has 94 valence electrons. The number of ether oxygens (including phenoxy) is 1. The van der Waals surface area contributed by atoms with Gasteiger partial charge in [-0.2, -0.15) is 8.42 Å². The maximum atomic E-state index is 11.3. The molecule has 0 amide bonds. The lowest BCUT2D eigenvalue weighted by molar-refractivity contribution is -0.913. The first-order valence-corrected chi connectivity index (χ1v) is 6.17. The third-order valence-corrected chi connectivity index (χ3v) is 2.52. The van der Waals surface area contributed by atoms with Gasteiger partial charge in [0, 0.05) is 5.57 Å². The molecule has 0 saturated heterocycles. The smallest absolute Gasteiger partial charge is 0.337 e. The molecular formula is C9H18NO5S+. The van der Waals surface area contributed by atoms with Crippen LogP contribution in [0.4, 0.5) is 0 Å². The van der Waals surface area contributed by atoms with Crippen LogP contribution in [0.15, 0.2) is 12.2 Å². The molecule has 0 bridgehead atoms. The number of hydrogen-bond donors (Lipinski definition) is 1. The Morgan fingerprint density at radius 2 is 1.88 bits per heavy atom. The summed E-state index contributed by atoms with van der Waals surface area (Å²) in [5.41, 5.74) is 0.175. The van der Waals surface area contributed by atoms with E-state index in [0.717, 1.165) is 0 Å². The van der Waals surface area contributed by atoms with Crippen molar-refractivity contribution < 1.29 is 27.0 Å². The van der Waals surface area contributed by atoms with Crippen LogP contribution in [-0.4, -0.2) is 56.5 Å². The topological polar surface area (TPSA) is 80.7 Å². The summed E-state index contributed by atoms with van der Waals surface area (Å²) >= 11 is 0. The fraction of sp³-hybridized carbons (Fsp3) is 0.667. The number of rotatable bonds is 5. The summed E-state index contributed by atoms with van der Waals surface area (Å²) < 4.78 is 35.3. The highest BCUT2D eigenvalue weighted by Crippen LogP contribution is 2.10. The number of quaternary nitrogens is 1. The molecule has 16 heavy (non-hydrogen) atoms. The predicted octanol–water partition coefficient (Wildman–Crippen LogP) is 0.0258. The van der Waals surface area contributed by atoms with Crippen LogP contribution in [0.2, 0.25) is 0 Å². The van der Waals surface area contributed by atoms with Gasteiger partial charge in [-0.05, 0) is 6.92 Å². The third kappa shape index (κ3) is 5.84. The zero-order valence-electron chi connectivity index (χ0n) is 9.93. The number of nitrogens with zero attached hydrogens (tertiary/aromatic N) is 1. The van der Waals surface area contributed by atoms with E-state index in [1.54, 1.807) is 21.1 Å². The second kappa shape index (κ2) is 4.94. The molecule has 0 radical (unpaired) electrons. The number of hydrogen-bond acceptors (Lipinski definition) is 4. The van der Waals surface area contributed by atoms with Crippen molar-refractivity contribution in [3.8, 4) is 0 Å². The van der Waals surface area contributed by atoms with Crippen LogP contribution in [0.3, 0.4) is 0 Å². The monoisotopic (exact) mass is 252 g/mol. The van der Waals surface area contributed by atoms with Gasteiger partial charge in [0.25, 0.3) is 16.3 Å². The van der Waals surface area contributed by atoms with Crippen molar-refractivity contribution in [2.24, 2.45) is 0 Å². The van der Waals surface area contributed by atoms with Crippen LogP contribution in [0.1, 0.15) is 6.92 Å². The molecule has 1 atom stereocenters. The van der Waals surface area contributed by atoms with E-state index in [0.29, 0.717) is 0 Å². The lowest BCUT2D eigenvalue weighted by Gasteiger charge is -2.32. The lowest BCUT2D eigenvalue weighted by Crippen LogP contribution is -2.51. The van der Waals surface area contributed by atoms with Gasteiger partial charge in [-0.15, -0.1) is 0 Å². The second-order valence-electron chi connectivity index (χ2n) is 4.51. The highest BCUT2D eigenvalue weighted by atomic mass is 32.2. The average molecular weight is 252 g/mol. The van der Waals surface area contributed by atoms with Crippen molar-refractivity contribution in [1.29, 1.82) is 0 Å². The van der Waals surface area contributed by atoms with Gasteiger partial charge in [0.2, 0.25) is 0 Å². The molecule has 0 spiro atoms. The van der Waals surface area contributed by atoms with E-state index in [9.17, 15) is 13.2 Å². The first kappa shape index (κ1) is 15.1. The van der Waals surface area contributed by atoms with E-state index in [4.69, 9.17) is 9.29 Å². The molecule has 0 aliphatic rings. The van der Waals surface area contributed by atoms with Crippen LogP contribution >= 0.6 is 0 Å². The van der Waals surface area contributed by atoms with Crippen LogP contribution in [-0.2, 0) is 19.6 Å². The van der Waals surface area contributed by atoms with Crippen molar-refractivity contribution in [2.45, 2.75) is 13.2 Å². The standard InChI is InChI=1S/C9H17NO5S/c1-7(2)9(11)15-8(10(3,4)5)6-16(12,13)14/h8H,1,6H2,2-5H3/p+1. The summed E-state index contributed by atoms with van der Waals surface area (Å²) in [6, 6.07) is 0. The Balaban J connectivity index is 4.85. The van der Waals surface area contributed by atoms with Gasteiger partial charge in [0.05, 0.1) is 21.1 Å². The van der Waals surface area contributed by atoms with Gasteiger partial charge in [-0.25, -0.2) is 4.79 Å². The van der Waals surface area contributed by atoms with Crippen molar-refractivity contribution in [3.63, 3.8) is 0 Å². The van der Waals surface area contributed by atoms with E-state index in [2.05, 4.69) is 6.58 Å². The summed E-state index contributed by atoms with van der Waals surface area (Å²) in [5.74, 6) is -1.32. The Morgan fingerprint density at radius 3 is 2.12 bits per heavy atom. The molecular weight excluding hydrogens is 234 g/mol. The summed E-state index contributed by atoms with van der Waals surface area (Å²) in [6.45, 7) is 4.85. The molecule has 0 aromatic heterocycles. The van der Waals surface area contributed by atoms with Crippen molar-refractivity contribution in [3.05, 3.63) is 12.2 Å². The van der Waals surface area contributed by atoms with Gasteiger partial charge >= 0.3 is 5.97 Å². The molecule has 0 aromatic carbocycles. The molecule has 0 aromatic rings. The Bertz CT molecular complexity index is 379. The second-order valence-corrected chi connectivity index (χ2v) is 6.00. The first-order valence-electron chi connectivity index (χ1n) is 4.56. The zero-order valence-corrected chi connectivity index (χ0v) is 10.7. The van der Waals surface area contributed by atoms with E-state index < -0.39 is 28.1 Å². The maximum absolute atomic E-state index is 11.3. The van der Waals surface area contributed by atoms with Crippen LogP contribution in [0.25, 0.3) is 0 Å². The molecule has 6 nitrogen and oxygen atoms in total. The normalized spacial score (nSPS) is 14.3. The van der Waals surface area contributed by atoms with E-state index in [1.165, 1.54) is 6.92 Å². The molecule has 0 heterocycles. The molecule has 0 saturated carbocycles. The Kier molecular flexibility index (Phi) is 4.66. The Morgan fingerprint density at radius 1 is 1.44 bits per heavy atom. The molecule has 0 fully saturated rings. The van der Waals surface area contributed by atoms with Gasteiger partial charge in [-0.1, -0.05) is 6.58 Å². The molecule has 0 rings (SSSR count). The highest BCUT2D eigenvalue weighted by Gasteiger charge is 2.32. The van der Waals surface area contributed by atoms with Crippen molar-refractivity contribution in [1.82, 2.24) is 0 Å². The minimum atomic E-state index is -4.20. The summed E-state index contributed by atoms with van der Waals surface area (Å²) in [5, 5.41) is 0. The Labute approximate surface area is 95.8 Å². The molecule has 7 heteroatoms. The number of carbonyl (C=O) groups is 1. The van der Waals surface area contributed by atoms with E-state index in [-0.39, 0.29) is 10.1 Å². The number of esters is 1. The van der Waals surface area contributed by atoms with E-state index in [1.807, 2.05) is 0 Å². The maximum Gasteiger partial charge on any atom is 0.337 e. The Hall–Kier alpha value is -0.920. The summed E-state index contributed by atoms with van der Waals surface area (Å²) in [4.78, 5) is 11.3. The SMILES string of the molecule is C=C(C)C(=O)OC(CS(=O)(=O)O)[N+](C)(C)C. The molecule has 1 unspecified atom stereocenters. The van der Waals surface area contributed by atoms with Crippen molar-refractivity contribution in [2.75, 3.05) is 26.9 Å². The minimum absolute atomic E-state index is 0.0683. The fourth-order valence-electron chi connectivity index (χ4n) is 0.820. The van der Waals surface area contributed by atoms with Gasteiger partial charge in [0.15, 0.2) is 5.75 Å². The molecule has 0 aliphatic heterocycles. The van der Waals surface area contributed by atoms with Crippen LogP contribution in [0.5, 0.6) is 0 Å².